The second-order valence-corrected chi connectivity index (χ2v) is 8.36. The highest BCUT2D eigenvalue weighted by Crippen LogP contribution is 2.25. The lowest BCUT2D eigenvalue weighted by Gasteiger charge is -2.29. The van der Waals surface area contributed by atoms with Crippen molar-refractivity contribution in [3.8, 4) is 0 Å². The molecule has 0 bridgehead atoms. The minimum absolute atomic E-state index is 0.0127. The lowest BCUT2D eigenvalue weighted by molar-refractivity contribution is -0.117. The van der Waals surface area contributed by atoms with Crippen LogP contribution in [0.4, 0.5) is 5.82 Å². The van der Waals surface area contributed by atoms with Crippen LogP contribution in [0.2, 0.25) is 0 Å². The molecule has 0 atom stereocenters. The van der Waals surface area contributed by atoms with Gasteiger partial charge in [0.1, 0.15) is 12.3 Å². The van der Waals surface area contributed by atoms with Gasteiger partial charge in [0.2, 0.25) is 5.91 Å². The molecule has 0 spiro atoms. The van der Waals surface area contributed by atoms with Crippen LogP contribution in [0.5, 0.6) is 0 Å². The number of amides is 2. The molecule has 1 aliphatic rings. The van der Waals surface area contributed by atoms with Gasteiger partial charge in [-0.15, -0.1) is 0 Å². The Balaban J connectivity index is 1.68. The summed E-state index contributed by atoms with van der Waals surface area (Å²) in [7, 11) is 0. The number of unbranched alkanes of at least 4 members (excludes halogenated alkanes) is 1. The summed E-state index contributed by atoms with van der Waals surface area (Å²) in [6, 6.07) is 9.50. The molecule has 2 aromatic rings. The standard InChI is InChI=1S/C24H33N3O3/c1-3-4-8-19-11-13-21(14-12-19)24(29)27(16-20-9-6-5-7-10-20)17-23(28)25-22-15-18(2)30-26-22/h11-15,20H,3-10,16-17H2,1-2H3,(H,25,26,28). The number of hydrogen-bond donors (Lipinski definition) is 1. The Morgan fingerprint density at radius 1 is 1.17 bits per heavy atom. The van der Waals surface area contributed by atoms with Gasteiger partial charge in [-0.25, -0.2) is 0 Å². The third kappa shape index (κ3) is 6.44. The molecule has 1 saturated carbocycles. The van der Waals surface area contributed by atoms with Crippen molar-refractivity contribution in [2.75, 3.05) is 18.4 Å². The van der Waals surface area contributed by atoms with Crippen molar-refractivity contribution >= 4 is 17.6 Å². The van der Waals surface area contributed by atoms with Gasteiger partial charge in [0.15, 0.2) is 5.82 Å². The van der Waals surface area contributed by atoms with Crippen molar-refractivity contribution in [2.45, 2.75) is 65.2 Å². The summed E-state index contributed by atoms with van der Waals surface area (Å²) in [6.07, 6.45) is 9.20. The maximum atomic E-state index is 13.2. The fourth-order valence-electron chi connectivity index (χ4n) is 4.06. The lowest BCUT2D eigenvalue weighted by atomic mass is 9.89. The number of nitrogens with zero attached hydrogens (tertiary/aromatic N) is 2. The van der Waals surface area contributed by atoms with E-state index in [9.17, 15) is 9.59 Å². The fourth-order valence-corrected chi connectivity index (χ4v) is 4.06. The first-order chi connectivity index (χ1) is 14.5. The molecule has 30 heavy (non-hydrogen) atoms. The highest BCUT2D eigenvalue weighted by molar-refractivity contribution is 5.99. The van der Waals surface area contributed by atoms with Crippen LogP contribution in [-0.4, -0.2) is 35.0 Å². The van der Waals surface area contributed by atoms with Gasteiger partial charge in [-0.1, -0.05) is 49.9 Å². The number of carbonyl (C=O) groups is 2. The zero-order valence-corrected chi connectivity index (χ0v) is 18.2. The van der Waals surface area contributed by atoms with Crippen molar-refractivity contribution in [2.24, 2.45) is 5.92 Å². The van der Waals surface area contributed by atoms with Crippen LogP contribution >= 0.6 is 0 Å². The summed E-state index contributed by atoms with van der Waals surface area (Å²) in [6.45, 7) is 4.57. The quantitative estimate of drug-likeness (QED) is 0.631. The van der Waals surface area contributed by atoms with Gasteiger partial charge < -0.3 is 14.7 Å². The van der Waals surface area contributed by atoms with Crippen LogP contribution < -0.4 is 5.32 Å². The lowest BCUT2D eigenvalue weighted by Crippen LogP contribution is -2.41. The van der Waals surface area contributed by atoms with Crippen LogP contribution in [0, 0.1) is 12.8 Å². The monoisotopic (exact) mass is 411 g/mol. The molecule has 1 N–H and O–H groups in total. The second kappa shape index (κ2) is 11.0. The van der Waals surface area contributed by atoms with E-state index in [-0.39, 0.29) is 18.4 Å². The highest BCUT2D eigenvalue weighted by Gasteiger charge is 2.24. The van der Waals surface area contributed by atoms with Gasteiger partial charge in [0.05, 0.1) is 0 Å². The number of aryl methyl sites for hydroxylation is 2. The summed E-state index contributed by atoms with van der Waals surface area (Å²) in [5.41, 5.74) is 1.88. The normalized spacial score (nSPS) is 14.5. The summed E-state index contributed by atoms with van der Waals surface area (Å²) < 4.78 is 5.00. The molecule has 3 rings (SSSR count). The zero-order chi connectivity index (χ0) is 21.3. The molecular formula is C24H33N3O3. The first-order valence-electron chi connectivity index (χ1n) is 11.2. The van der Waals surface area contributed by atoms with Gasteiger partial charge >= 0.3 is 0 Å². The molecule has 6 heteroatoms. The topological polar surface area (TPSA) is 75.4 Å². The third-order valence-electron chi connectivity index (χ3n) is 5.74. The van der Waals surface area contributed by atoms with Crippen LogP contribution in [-0.2, 0) is 11.2 Å². The van der Waals surface area contributed by atoms with Crippen LogP contribution in [0.1, 0.15) is 73.6 Å². The van der Waals surface area contributed by atoms with Crippen molar-refractivity contribution < 1.29 is 14.1 Å². The Morgan fingerprint density at radius 2 is 1.90 bits per heavy atom. The van der Waals surface area contributed by atoms with Crippen molar-refractivity contribution in [3.05, 3.63) is 47.2 Å². The average molecular weight is 412 g/mol. The van der Waals surface area contributed by atoms with Gasteiger partial charge in [0, 0.05) is 18.2 Å². The number of rotatable bonds is 9. The Labute approximate surface area is 179 Å². The Morgan fingerprint density at radius 3 is 2.53 bits per heavy atom. The Bertz CT molecular complexity index is 822. The average Bonchev–Trinajstić information content (AvgIpc) is 3.16. The molecule has 162 valence electrons. The molecule has 1 aromatic carbocycles. The van der Waals surface area contributed by atoms with E-state index in [0.29, 0.717) is 29.6 Å². The summed E-state index contributed by atoms with van der Waals surface area (Å²) >= 11 is 0. The van der Waals surface area contributed by atoms with Crippen molar-refractivity contribution in [1.82, 2.24) is 10.1 Å². The van der Waals surface area contributed by atoms with Crippen molar-refractivity contribution in [1.29, 1.82) is 0 Å². The van der Waals surface area contributed by atoms with E-state index in [1.165, 1.54) is 24.8 Å². The van der Waals surface area contributed by atoms with Gasteiger partial charge in [0.25, 0.3) is 5.91 Å². The predicted molar refractivity (Wildman–Crippen MR) is 117 cm³/mol. The van der Waals surface area contributed by atoms with E-state index in [1.807, 2.05) is 24.3 Å². The zero-order valence-electron chi connectivity index (χ0n) is 18.2. The number of aromatic nitrogens is 1. The molecular weight excluding hydrogens is 378 g/mol. The predicted octanol–water partition coefficient (Wildman–Crippen LogP) is 4.99. The Kier molecular flexibility index (Phi) is 8.05. The molecule has 1 aromatic heterocycles. The molecule has 0 aliphatic heterocycles. The van der Waals surface area contributed by atoms with Crippen molar-refractivity contribution in [3.63, 3.8) is 0 Å². The van der Waals surface area contributed by atoms with Crippen LogP contribution in [0.15, 0.2) is 34.9 Å². The third-order valence-corrected chi connectivity index (χ3v) is 5.74. The minimum Gasteiger partial charge on any atom is -0.360 e. The van der Waals surface area contributed by atoms with E-state index in [1.54, 1.807) is 17.9 Å². The maximum absolute atomic E-state index is 13.2. The summed E-state index contributed by atoms with van der Waals surface area (Å²) in [4.78, 5) is 27.5. The highest BCUT2D eigenvalue weighted by atomic mass is 16.5. The van der Waals surface area contributed by atoms with E-state index in [0.717, 1.165) is 32.1 Å². The van der Waals surface area contributed by atoms with Gasteiger partial charge in [-0.05, 0) is 56.2 Å². The smallest absolute Gasteiger partial charge is 0.254 e. The number of benzene rings is 1. The van der Waals surface area contributed by atoms with E-state index in [2.05, 4.69) is 17.4 Å². The number of carbonyl (C=O) groups excluding carboxylic acids is 2. The molecule has 2 amide bonds. The number of anilines is 1. The number of hydrogen-bond acceptors (Lipinski definition) is 4. The largest absolute Gasteiger partial charge is 0.360 e. The van der Waals surface area contributed by atoms with E-state index < -0.39 is 0 Å². The molecule has 1 aliphatic carbocycles. The Hall–Kier alpha value is -2.63. The molecule has 6 nitrogen and oxygen atoms in total. The van der Waals surface area contributed by atoms with Gasteiger partial charge in [-0.3, -0.25) is 9.59 Å². The first-order valence-corrected chi connectivity index (χ1v) is 11.2. The van der Waals surface area contributed by atoms with Gasteiger partial charge in [-0.2, -0.15) is 0 Å². The van der Waals surface area contributed by atoms with E-state index in [4.69, 9.17) is 4.52 Å². The molecule has 1 heterocycles. The molecule has 0 radical (unpaired) electrons. The molecule has 1 fully saturated rings. The van der Waals surface area contributed by atoms with Crippen LogP contribution in [0.25, 0.3) is 0 Å². The molecule has 0 saturated heterocycles. The summed E-state index contributed by atoms with van der Waals surface area (Å²) in [5, 5.41) is 6.54. The maximum Gasteiger partial charge on any atom is 0.254 e. The van der Waals surface area contributed by atoms with E-state index >= 15 is 0 Å². The fraction of sp³-hybridized carbons (Fsp3) is 0.542. The first kappa shape index (κ1) is 22.1. The SMILES string of the molecule is CCCCc1ccc(C(=O)N(CC(=O)Nc2cc(C)on2)CC2CCCCC2)cc1. The minimum atomic E-state index is -0.257. The molecule has 0 unspecified atom stereocenters. The second-order valence-electron chi connectivity index (χ2n) is 8.36. The summed E-state index contributed by atoms with van der Waals surface area (Å²) in [5.74, 6) is 1.11. The van der Waals surface area contributed by atoms with Crippen LogP contribution in [0.3, 0.4) is 0 Å². The number of nitrogens with one attached hydrogen (secondary N) is 1.